The largest absolute Gasteiger partial charge is 0.464 e. The summed E-state index contributed by atoms with van der Waals surface area (Å²) in [6.45, 7) is 3.74. The summed E-state index contributed by atoms with van der Waals surface area (Å²) in [5.41, 5.74) is 2.48. The molecule has 0 fully saturated rings. The molecule has 1 N–H and O–H groups in total. The van der Waals surface area contributed by atoms with E-state index in [9.17, 15) is 4.79 Å². The normalized spacial score (nSPS) is 10.3. The number of esters is 1. The van der Waals surface area contributed by atoms with Crippen molar-refractivity contribution in [2.45, 2.75) is 13.8 Å². The number of hydrogen-bond donors (Lipinski definition) is 1. The van der Waals surface area contributed by atoms with Crippen LogP contribution in [0, 0.1) is 13.8 Å². The number of methoxy groups -OCH3 is 1. The van der Waals surface area contributed by atoms with Gasteiger partial charge in [0.2, 0.25) is 0 Å². The Hall–Kier alpha value is -2.24. The minimum absolute atomic E-state index is 0.262. The van der Waals surface area contributed by atoms with E-state index in [1.165, 1.54) is 13.3 Å². The molecule has 0 aliphatic rings. The molecule has 0 atom stereocenters. The maximum Gasteiger partial charge on any atom is 0.356 e. The fraction of sp³-hybridized carbons (Fsp3) is 0.273. The molecule has 0 radical (unpaired) electrons. The van der Waals surface area contributed by atoms with Gasteiger partial charge >= 0.3 is 5.97 Å². The number of hydrogen-bond acceptors (Lipinski definition) is 5. The molecule has 6 heteroatoms. The van der Waals surface area contributed by atoms with Crippen LogP contribution in [0.25, 0.3) is 11.4 Å². The minimum atomic E-state index is -0.486. The van der Waals surface area contributed by atoms with Gasteiger partial charge in [0.1, 0.15) is 0 Å². The van der Waals surface area contributed by atoms with E-state index in [2.05, 4.69) is 24.9 Å². The molecule has 0 aliphatic carbocycles. The summed E-state index contributed by atoms with van der Waals surface area (Å²) in [4.78, 5) is 20.0. The number of nitrogens with zero attached hydrogens (tertiary/aromatic N) is 3. The fourth-order valence-electron chi connectivity index (χ4n) is 1.56. The van der Waals surface area contributed by atoms with E-state index in [1.807, 2.05) is 19.9 Å². The first kappa shape index (κ1) is 11.3. The van der Waals surface area contributed by atoms with E-state index >= 15 is 0 Å². The Balaban J connectivity index is 2.53. The summed E-state index contributed by atoms with van der Waals surface area (Å²) in [6, 6.07) is 1.86. The Kier molecular flexibility index (Phi) is 2.86. The standard InChI is InChI=1S/C11H12N4O2/c1-6-4-7(2)14-10(13-6)8-5-12-15-9(8)11(16)17-3/h4-5H,1-3H3,(H,12,15). The van der Waals surface area contributed by atoms with Crippen molar-refractivity contribution in [3.05, 3.63) is 29.3 Å². The molecule has 2 heterocycles. The molecular weight excluding hydrogens is 220 g/mol. The van der Waals surface area contributed by atoms with E-state index < -0.39 is 5.97 Å². The number of carbonyl (C=O) groups is 1. The maximum absolute atomic E-state index is 11.5. The summed E-state index contributed by atoms with van der Waals surface area (Å²) in [5, 5.41) is 6.41. The smallest absolute Gasteiger partial charge is 0.356 e. The third-order valence-corrected chi connectivity index (χ3v) is 2.25. The average molecular weight is 232 g/mol. The monoisotopic (exact) mass is 232 g/mol. The van der Waals surface area contributed by atoms with Crippen molar-refractivity contribution in [1.29, 1.82) is 0 Å². The van der Waals surface area contributed by atoms with E-state index in [4.69, 9.17) is 0 Å². The van der Waals surface area contributed by atoms with Crippen LogP contribution in [0.2, 0.25) is 0 Å². The van der Waals surface area contributed by atoms with Crippen LogP contribution in [0.15, 0.2) is 12.3 Å². The minimum Gasteiger partial charge on any atom is -0.464 e. The van der Waals surface area contributed by atoms with Crippen molar-refractivity contribution in [1.82, 2.24) is 20.2 Å². The van der Waals surface area contributed by atoms with E-state index in [0.717, 1.165) is 11.4 Å². The molecule has 6 nitrogen and oxygen atoms in total. The molecular formula is C11H12N4O2. The van der Waals surface area contributed by atoms with Crippen molar-refractivity contribution < 1.29 is 9.53 Å². The van der Waals surface area contributed by atoms with Crippen molar-refractivity contribution in [3.8, 4) is 11.4 Å². The quantitative estimate of drug-likeness (QED) is 0.788. The first-order valence-corrected chi connectivity index (χ1v) is 5.06. The molecule has 0 bridgehead atoms. The summed E-state index contributed by atoms with van der Waals surface area (Å²) in [7, 11) is 1.31. The van der Waals surface area contributed by atoms with Gasteiger partial charge < -0.3 is 4.74 Å². The highest BCUT2D eigenvalue weighted by Crippen LogP contribution is 2.19. The van der Waals surface area contributed by atoms with Crippen molar-refractivity contribution in [2.75, 3.05) is 7.11 Å². The number of rotatable bonds is 2. The summed E-state index contributed by atoms with van der Waals surface area (Å²) in [6.07, 6.45) is 1.51. The Morgan fingerprint density at radius 1 is 1.29 bits per heavy atom. The zero-order chi connectivity index (χ0) is 12.4. The maximum atomic E-state index is 11.5. The number of ether oxygens (including phenoxy) is 1. The molecule has 0 saturated carbocycles. The van der Waals surface area contributed by atoms with Crippen LogP contribution in [0.1, 0.15) is 21.9 Å². The average Bonchev–Trinajstić information content (AvgIpc) is 2.75. The van der Waals surface area contributed by atoms with Crippen LogP contribution in [-0.4, -0.2) is 33.2 Å². The lowest BCUT2D eigenvalue weighted by Crippen LogP contribution is -2.05. The lowest BCUT2D eigenvalue weighted by Gasteiger charge is -2.02. The van der Waals surface area contributed by atoms with Crippen LogP contribution in [0.5, 0.6) is 0 Å². The number of aromatic amines is 1. The zero-order valence-corrected chi connectivity index (χ0v) is 9.81. The van der Waals surface area contributed by atoms with Gasteiger partial charge in [0, 0.05) is 11.4 Å². The second-order valence-corrected chi connectivity index (χ2v) is 3.62. The number of aryl methyl sites for hydroxylation is 2. The molecule has 88 valence electrons. The first-order valence-electron chi connectivity index (χ1n) is 5.06. The summed E-state index contributed by atoms with van der Waals surface area (Å²) < 4.78 is 4.65. The molecule has 2 rings (SSSR count). The van der Waals surface area contributed by atoms with Crippen LogP contribution >= 0.6 is 0 Å². The lowest BCUT2D eigenvalue weighted by molar-refractivity contribution is 0.0595. The van der Waals surface area contributed by atoms with E-state index in [1.54, 1.807) is 0 Å². The third kappa shape index (κ3) is 2.15. The Morgan fingerprint density at radius 3 is 2.53 bits per heavy atom. The Bertz CT molecular complexity index is 542. The zero-order valence-electron chi connectivity index (χ0n) is 9.81. The van der Waals surface area contributed by atoms with Gasteiger partial charge in [-0.2, -0.15) is 5.10 Å². The van der Waals surface area contributed by atoms with Crippen LogP contribution in [-0.2, 0) is 4.74 Å². The second-order valence-electron chi connectivity index (χ2n) is 3.62. The van der Waals surface area contributed by atoms with Gasteiger partial charge in [-0.1, -0.05) is 0 Å². The van der Waals surface area contributed by atoms with Gasteiger partial charge in [-0.3, -0.25) is 5.10 Å². The van der Waals surface area contributed by atoms with E-state index in [-0.39, 0.29) is 5.69 Å². The van der Waals surface area contributed by atoms with Gasteiger partial charge in [-0.25, -0.2) is 14.8 Å². The molecule has 0 spiro atoms. The molecule has 0 saturated heterocycles. The molecule has 2 aromatic heterocycles. The number of H-pyrrole nitrogens is 1. The highest BCUT2D eigenvalue weighted by molar-refractivity contribution is 5.93. The molecule has 2 aromatic rings. The fourth-order valence-corrected chi connectivity index (χ4v) is 1.56. The highest BCUT2D eigenvalue weighted by atomic mass is 16.5. The van der Waals surface area contributed by atoms with Gasteiger partial charge in [0.25, 0.3) is 0 Å². The summed E-state index contributed by atoms with van der Waals surface area (Å²) in [5.74, 6) is -0.0168. The van der Waals surface area contributed by atoms with Crippen LogP contribution in [0.3, 0.4) is 0 Å². The number of aromatic nitrogens is 4. The second kappa shape index (κ2) is 4.32. The predicted molar refractivity (Wildman–Crippen MR) is 60.4 cm³/mol. The SMILES string of the molecule is COC(=O)c1[nH]ncc1-c1nc(C)cc(C)n1. The van der Waals surface area contributed by atoms with Crippen molar-refractivity contribution in [3.63, 3.8) is 0 Å². The number of carbonyl (C=O) groups excluding carboxylic acids is 1. The highest BCUT2D eigenvalue weighted by Gasteiger charge is 2.17. The predicted octanol–water partition coefficient (Wildman–Crippen LogP) is 1.27. The summed E-state index contributed by atoms with van der Waals surface area (Å²) >= 11 is 0. The van der Waals surface area contributed by atoms with Gasteiger partial charge in [-0.15, -0.1) is 0 Å². The van der Waals surface area contributed by atoms with Crippen LogP contribution < -0.4 is 0 Å². The molecule has 0 unspecified atom stereocenters. The van der Waals surface area contributed by atoms with Gasteiger partial charge in [0.15, 0.2) is 11.5 Å². The molecule has 0 aromatic carbocycles. The molecule has 17 heavy (non-hydrogen) atoms. The lowest BCUT2D eigenvalue weighted by atomic mass is 10.2. The van der Waals surface area contributed by atoms with Gasteiger partial charge in [-0.05, 0) is 19.9 Å². The number of nitrogens with one attached hydrogen (secondary N) is 1. The van der Waals surface area contributed by atoms with Crippen molar-refractivity contribution >= 4 is 5.97 Å². The van der Waals surface area contributed by atoms with Gasteiger partial charge in [0.05, 0.1) is 18.9 Å². The third-order valence-electron chi connectivity index (χ3n) is 2.25. The first-order chi connectivity index (χ1) is 8.11. The van der Waals surface area contributed by atoms with Crippen molar-refractivity contribution in [2.24, 2.45) is 0 Å². The van der Waals surface area contributed by atoms with E-state index in [0.29, 0.717) is 11.4 Å². The van der Waals surface area contributed by atoms with Crippen LogP contribution in [0.4, 0.5) is 0 Å². The Labute approximate surface area is 98.1 Å². The molecule has 0 aliphatic heterocycles. The molecule has 0 amide bonds. The topological polar surface area (TPSA) is 80.8 Å². The Morgan fingerprint density at radius 2 is 1.94 bits per heavy atom.